The average Bonchev–Trinajstić information content (AvgIpc) is 3.08. The molecule has 1 aliphatic heterocycles. The van der Waals surface area contributed by atoms with Crippen molar-refractivity contribution in [3.8, 4) is 5.75 Å². The molecule has 3 rings (SSSR count). The number of carbonyl (C=O) groups excluding carboxylic acids is 1. The van der Waals surface area contributed by atoms with E-state index >= 15 is 0 Å². The molecule has 122 valence electrons. The molecule has 0 spiro atoms. The van der Waals surface area contributed by atoms with Crippen molar-refractivity contribution in [3.63, 3.8) is 0 Å². The number of nitrogens with one attached hydrogen (secondary N) is 2. The third kappa shape index (κ3) is 3.27. The monoisotopic (exact) mass is 326 g/mol. The summed E-state index contributed by atoms with van der Waals surface area (Å²) in [6.45, 7) is 1.76. The number of aromatic nitrogens is 3. The number of benzene rings is 1. The highest BCUT2D eigenvalue weighted by Crippen LogP contribution is 2.29. The molecule has 0 saturated carbocycles. The van der Waals surface area contributed by atoms with Crippen LogP contribution in [0.5, 0.6) is 5.75 Å². The maximum atomic E-state index is 12.4. The van der Waals surface area contributed by atoms with E-state index in [9.17, 15) is 18.0 Å². The lowest BCUT2D eigenvalue weighted by Gasteiger charge is -2.05. The van der Waals surface area contributed by atoms with E-state index in [2.05, 4.69) is 20.5 Å². The van der Waals surface area contributed by atoms with E-state index in [1.807, 2.05) is 6.92 Å². The number of halogens is 3. The zero-order chi connectivity index (χ0) is 16.6. The lowest BCUT2D eigenvalue weighted by atomic mass is 10.1. The molecule has 0 fully saturated rings. The van der Waals surface area contributed by atoms with E-state index in [-0.39, 0.29) is 18.5 Å². The molecule has 0 radical (unpaired) electrons. The van der Waals surface area contributed by atoms with Crippen molar-refractivity contribution in [1.29, 1.82) is 0 Å². The van der Waals surface area contributed by atoms with Crippen LogP contribution in [0.25, 0.3) is 0 Å². The van der Waals surface area contributed by atoms with Gasteiger partial charge in [-0.25, -0.2) is 4.98 Å². The molecule has 1 amide bonds. The normalized spacial score (nSPS) is 16.8. The fourth-order valence-corrected chi connectivity index (χ4v) is 2.33. The summed E-state index contributed by atoms with van der Waals surface area (Å²) in [4.78, 5) is 15.4. The molecule has 0 unspecified atom stereocenters. The van der Waals surface area contributed by atoms with Gasteiger partial charge in [0.05, 0.1) is 6.54 Å². The van der Waals surface area contributed by atoms with Gasteiger partial charge in [-0.1, -0.05) is 0 Å². The molecule has 0 saturated heterocycles. The third-order valence-corrected chi connectivity index (χ3v) is 3.36. The number of fused-ring (bicyclic) bond motifs is 1. The summed E-state index contributed by atoms with van der Waals surface area (Å²) < 4.78 is 42.7. The van der Waals surface area contributed by atoms with E-state index in [0.29, 0.717) is 12.0 Å². The van der Waals surface area contributed by atoms with Crippen LogP contribution >= 0.6 is 0 Å². The van der Waals surface area contributed by atoms with Gasteiger partial charge in [0, 0.05) is 12.0 Å². The Morgan fingerprint density at radius 1 is 1.48 bits per heavy atom. The Bertz CT molecular complexity index is 742. The number of rotatable bonds is 3. The first kappa shape index (κ1) is 15.3. The van der Waals surface area contributed by atoms with Crippen molar-refractivity contribution < 1.29 is 22.7 Å². The number of amides is 1. The quantitative estimate of drug-likeness (QED) is 0.905. The van der Waals surface area contributed by atoms with Crippen LogP contribution < -0.4 is 10.1 Å². The minimum absolute atomic E-state index is 0.0659. The second-order valence-electron chi connectivity index (χ2n) is 5.24. The van der Waals surface area contributed by atoms with Crippen molar-refractivity contribution in [2.24, 2.45) is 0 Å². The first-order chi connectivity index (χ1) is 10.8. The van der Waals surface area contributed by atoms with Gasteiger partial charge in [-0.3, -0.25) is 9.89 Å². The van der Waals surface area contributed by atoms with Crippen molar-refractivity contribution in [2.45, 2.75) is 32.2 Å². The van der Waals surface area contributed by atoms with Gasteiger partial charge in [-0.2, -0.15) is 13.2 Å². The Kier molecular flexibility index (Phi) is 3.70. The second kappa shape index (κ2) is 5.56. The van der Waals surface area contributed by atoms with Crippen LogP contribution in [0.4, 0.5) is 13.2 Å². The summed E-state index contributed by atoms with van der Waals surface area (Å²) in [6, 6.07) is 5.04. The predicted molar refractivity (Wildman–Crippen MR) is 72.8 cm³/mol. The van der Waals surface area contributed by atoms with Gasteiger partial charge in [-0.05, 0) is 30.7 Å². The van der Waals surface area contributed by atoms with Gasteiger partial charge in [0.2, 0.25) is 0 Å². The summed E-state index contributed by atoms with van der Waals surface area (Å²) in [7, 11) is 0. The highest BCUT2D eigenvalue weighted by molar-refractivity contribution is 5.94. The number of ether oxygens (including phenoxy) is 1. The number of aromatic amines is 1. The van der Waals surface area contributed by atoms with E-state index in [1.165, 1.54) is 0 Å². The lowest BCUT2D eigenvalue weighted by molar-refractivity contribution is -0.144. The number of alkyl halides is 3. The molecule has 23 heavy (non-hydrogen) atoms. The zero-order valence-electron chi connectivity index (χ0n) is 12.1. The summed E-state index contributed by atoms with van der Waals surface area (Å²) in [5.41, 5.74) is 1.35. The first-order valence-corrected chi connectivity index (χ1v) is 6.89. The summed E-state index contributed by atoms with van der Waals surface area (Å²) in [6.07, 6.45) is -3.83. The van der Waals surface area contributed by atoms with Gasteiger partial charge in [0.25, 0.3) is 11.7 Å². The Morgan fingerprint density at radius 2 is 2.26 bits per heavy atom. The van der Waals surface area contributed by atoms with Crippen LogP contribution in [0, 0.1) is 0 Å². The number of hydrogen-bond acceptors (Lipinski definition) is 4. The van der Waals surface area contributed by atoms with Crippen molar-refractivity contribution >= 4 is 5.91 Å². The average molecular weight is 326 g/mol. The molecule has 1 atom stereocenters. The molecule has 2 aromatic rings. The Hall–Kier alpha value is -2.58. The largest absolute Gasteiger partial charge is 0.490 e. The highest BCUT2D eigenvalue weighted by atomic mass is 19.4. The fraction of sp³-hybridized carbons (Fsp3) is 0.357. The van der Waals surface area contributed by atoms with Crippen LogP contribution in [0.15, 0.2) is 18.2 Å². The van der Waals surface area contributed by atoms with Crippen LogP contribution in [-0.2, 0) is 19.1 Å². The van der Waals surface area contributed by atoms with Crippen molar-refractivity contribution in [2.75, 3.05) is 0 Å². The Morgan fingerprint density at radius 3 is 2.96 bits per heavy atom. The highest BCUT2D eigenvalue weighted by Gasteiger charge is 2.36. The van der Waals surface area contributed by atoms with Crippen molar-refractivity contribution in [1.82, 2.24) is 20.5 Å². The maximum absolute atomic E-state index is 12.4. The molecule has 6 nitrogen and oxygen atoms in total. The van der Waals surface area contributed by atoms with Crippen LogP contribution in [0.2, 0.25) is 0 Å². The van der Waals surface area contributed by atoms with E-state index < -0.39 is 17.9 Å². The smallest absolute Gasteiger partial charge is 0.453 e. The molecule has 0 bridgehead atoms. The van der Waals surface area contributed by atoms with E-state index in [1.54, 1.807) is 18.2 Å². The predicted octanol–water partition coefficient (Wildman–Crippen LogP) is 2.08. The Labute approximate surface area is 129 Å². The van der Waals surface area contributed by atoms with Crippen molar-refractivity contribution in [3.05, 3.63) is 41.0 Å². The molecule has 1 aromatic carbocycles. The molecule has 0 aliphatic carbocycles. The zero-order valence-corrected chi connectivity index (χ0v) is 12.1. The summed E-state index contributed by atoms with van der Waals surface area (Å²) >= 11 is 0. The molecular weight excluding hydrogens is 313 g/mol. The molecular formula is C14H13F3N4O2. The SMILES string of the molecule is C[C@@H]1Cc2cc(C(=O)NCc3nc(C(F)(F)F)n[nH]3)ccc2O1. The van der Waals surface area contributed by atoms with Crippen LogP contribution in [0.3, 0.4) is 0 Å². The van der Waals surface area contributed by atoms with Gasteiger partial charge in [-0.15, -0.1) is 5.10 Å². The van der Waals surface area contributed by atoms with Crippen LogP contribution in [0.1, 0.15) is 34.5 Å². The molecule has 2 heterocycles. The number of hydrogen-bond donors (Lipinski definition) is 2. The molecule has 9 heteroatoms. The van der Waals surface area contributed by atoms with Gasteiger partial charge in [0.15, 0.2) is 0 Å². The first-order valence-electron chi connectivity index (χ1n) is 6.89. The molecule has 1 aliphatic rings. The summed E-state index contributed by atoms with van der Waals surface area (Å²) in [5.74, 6) is -0.981. The topological polar surface area (TPSA) is 79.9 Å². The molecule has 1 aromatic heterocycles. The van der Waals surface area contributed by atoms with Gasteiger partial charge in [0.1, 0.15) is 17.7 Å². The molecule has 2 N–H and O–H groups in total. The van der Waals surface area contributed by atoms with E-state index in [4.69, 9.17) is 4.74 Å². The lowest BCUT2D eigenvalue weighted by Crippen LogP contribution is -2.23. The minimum Gasteiger partial charge on any atom is -0.490 e. The van der Waals surface area contributed by atoms with Gasteiger partial charge < -0.3 is 10.1 Å². The van der Waals surface area contributed by atoms with Crippen LogP contribution in [-0.4, -0.2) is 27.2 Å². The number of nitrogens with zero attached hydrogens (tertiary/aromatic N) is 2. The maximum Gasteiger partial charge on any atom is 0.453 e. The standard InChI is InChI=1S/C14H13F3N4O2/c1-7-4-9-5-8(2-3-10(9)23-7)12(22)18-6-11-19-13(21-20-11)14(15,16)17/h2-3,5,7H,4,6H2,1H3,(H,18,22)(H,19,20,21)/t7-/m1/s1. The van der Waals surface area contributed by atoms with E-state index in [0.717, 1.165) is 11.3 Å². The fourth-order valence-electron chi connectivity index (χ4n) is 2.33. The summed E-state index contributed by atoms with van der Waals surface area (Å²) in [5, 5.41) is 7.72. The third-order valence-electron chi connectivity index (χ3n) is 3.36. The number of H-pyrrole nitrogens is 1. The Balaban J connectivity index is 1.64. The minimum atomic E-state index is -4.62. The van der Waals surface area contributed by atoms with Gasteiger partial charge >= 0.3 is 6.18 Å². The second-order valence-corrected chi connectivity index (χ2v) is 5.24. The number of carbonyl (C=O) groups is 1.